The second-order valence-corrected chi connectivity index (χ2v) is 4.50. The summed E-state index contributed by atoms with van der Waals surface area (Å²) >= 11 is 0. The van der Waals surface area contributed by atoms with Crippen LogP contribution in [0, 0.1) is 17.2 Å². The fraction of sp³-hybridized carbons (Fsp3) is 0.462. The average molecular weight is 270 g/mol. The van der Waals surface area contributed by atoms with Gasteiger partial charge in [0, 0.05) is 5.56 Å². The number of rotatable bonds is 5. The minimum absolute atomic E-state index is 0.211. The number of hydrogen-bond donors (Lipinski definition) is 1. The van der Waals surface area contributed by atoms with E-state index in [0.29, 0.717) is 12.5 Å². The predicted octanol–water partition coefficient (Wildman–Crippen LogP) is 3.15. The third-order valence-electron chi connectivity index (χ3n) is 2.89. The lowest BCUT2D eigenvalue weighted by molar-refractivity contribution is -0.274. The van der Waals surface area contributed by atoms with Crippen molar-refractivity contribution in [3.05, 3.63) is 29.8 Å². The number of ether oxygens (including phenoxy) is 1. The molecule has 1 atom stereocenters. The van der Waals surface area contributed by atoms with Crippen molar-refractivity contribution in [1.29, 1.82) is 5.26 Å². The number of nitrogens with one attached hydrogen (secondary N) is 1. The van der Waals surface area contributed by atoms with Gasteiger partial charge < -0.3 is 4.74 Å². The number of para-hydroxylation sites is 1. The van der Waals surface area contributed by atoms with Crippen LogP contribution in [0.5, 0.6) is 5.75 Å². The van der Waals surface area contributed by atoms with E-state index in [4.69, 9.17) is 5.26 Å². The molecule has 3 nitrogen and oxygen atoms in total. The fourth-order valence-corrected chi connectivity index (χ4v) is 1.77. The van der Waals surface area contributed by atoms with Gasteiger partial charge in [-0.05, 0) is 31.4 Å². The highest BCUT2D eigenvalue weighted by atomic mass is 19.4. The summed E-state index contributed by atoms with van der Waals surface area (Å²) in [5.41, 5.74) is 0.211. The molecule has 1 unspecified atom stereocenters. The number of alkyl halides is 3. The Morgan fingerprint density at radius 2 is 2.05 bits per heavy atom. The van der Waals surface area contributed by atoms with E-state index in [2.05, 4.69) is 10.1 Å². The van der Waals surface area contributed by atoms with E-state index in [1.807, 2.05) is 6.07 Å². The topological polar surface area (TPSA) is 45.0 Å². The van der Waals surface area contributed by atoms with Crippen molar-refractivity contribution in [2.45, 2.75) is 25.2 Å². The van der Waals surface area contributed by atoms with Crippen LogP contribution < -0.4 is 10.1 Å². The molecule has 102 valence electrons. The highest BCUT2D eigenvalue weighted by molar-refractivity contribution is 5.38. The molecule has 1 aliphatic rings. The molecule has 1 aliphatic carbocycles. The second kappa shape index (κ2) is 5.49. The molecule has 1 fully saturated rings. The van der Waals surface area contributed by atoms with Gasteiger partial charge in [0.05, 0.1) is 6.07 Å². The molecule has 0 saturated heterocycles. The third-order valence-corrected chi connectivity index (χ3v) is 2.89. The van der Waals surface area contributed by atoms with Crippen LogP contribution in [0.1, 0.15) is 24.4 Å². The second-order valence-electron chi connectivity index (χ2n) is 4.50. The van der Waals surface area contributed by atoms with E-state index in [1.54, 1.807) is 6.07 Å². The molecule has 0 heterocycles. The minimum Gasteiger partial charge on any atom is -0.405 e. The molecule has 1 saturated carbocycles. The third kappa shape index (κ3) is 4.14. The van der Waals surface area contributed by atoms with Gasteiger partial charge in [-0.3, -0.25) is 5.32 Å². The maximum atomic E-state index is 12.3. The SMILES string of the molecule is N#CC(NCC1CC1)c1ccccc1OC(F)(F)F. The van der Waals surface area contributed by atoms with Gasteiger partial charge in [0.25, 0.3) is 0 Å². The van der Waals surface area contributed by atoms with Crippen molar-refractivity contribution >= 4 is 0 Å². The molecule has 0 bridgehead atoms. The molecule has 1 aromatic carbocycles. The number of hydrogen-bond acceptors (Lipinski definition) is 3. The first-order valence-electron chi connectivity index (χ1n) is 5.97. The standard InChI is InChI=1S/C13H13F3N2O/c14-13(15,16)19-12-4-2-1-3-10(12)11(7-17)18-8-9-5-6-9/h1-4,9,11,18H,5-6,8H2. The highest BCUT2D eigenvalue weighted by Crippen LogP contribution is 2.32. The van der Waals surface area contributed by atoms with Gasteiger partial charge in [-0.2, -0.15) is 5.26 Å². The summed E-state index contributed by atoms with van der Waals surface area (Å²) in [6.07, 6.45) is -2.55. The largest absolute Gasteiger partial charge is 0.573 e. The Balaban J connectivity index is 2.13. The molecular weight excluding hydrogens is 257 g/mol. The van der Waals surface area contributed by atoms with Gasteiger partial charge >= 0.3 is 6.36 Å². The van der Waals surface area contributed by atoms with Gasteiger partial charge in [-0.25, -0.2) is 0 Å². The monoisotopic (exact) mass is 270 g/mol. The van der Waals surface area contributed by atoms with Crippen LogP contribution in [0.15, 0.2) is 24.3 Å². The fourth-order valence-electron chi connectivity index (χ4n) is 1.77. The lowest BCUT2D eigenvalue weighted by atomic mass is 10.1. The van der Waals surface area contributed by atoms with Crippen LogP contribution in [-0.4, -0.2) is 12.9 Å². The summed E-state index contributed by atoms with van der Waals surface area (Å²) in [4.78, 5) is 0. The molecule has 2 rings (SSSR count). The Morgan fingerprint density at radius 1 is 1.37 bits per heavy atom. The summed E-state index contributed by atoms with van der Waals surface area (Å²) in [6, 6.07) is 6.89. The molecule has 0 aliphatic heterocycles. The lowest BCUT2D eigenvalue weighted by Crippen LogP contribution is -2.24. The van der Waals surface area contributed by atoms with Crippen molar-refractivity contribution in [3.8, 4) is 11.8 Å². The van der Waals surface area contributed by atoms with Crippen molar-refractivity contribution in [1.82, 2.24) is 5.32 Å². The zero-order chi connectivity index (χ0) is 13.9. The molecule has 0 radical (unpaired) electrons. The first-order valence-corrected chi connectivity index (χ1v) is 5.97. The summed E-state index contributed by atoms with van der Waals surface area (Å²) in [5, 5.41) is 12.1. The number of nitrogens with zero attached hydrogens (tertiary/aromatic N) is 1. The number of benzene rings is 1. The van der Waals surface area contributed by atoms with Crippen molar-refractivity contribution in [3.63, 3.8) is 0 Å². The van der Waals surface area contributed by atoms with Gasteiger partial charge in [-0.1, -0.05) is 18.2 Å². The predicted molar refractivity (Wildman–Crippen MR) is 62.2 cm³/mol. The Labute approximate surface area is 109 Å². The Bertz CT molecular complexity index is 478. The van der Waals surface area contributed by atoms with E-state index in [9.17, 15) is 13.2 Å². The quantitative estimate of drug-likeness (QED) is 0.894. The maximum Gasteiger partial charge on any atom is 0.573 e. The first-order chi connectivity index (χ1) is 8.99. The zero-order valence-electron chi connectivity index (χ0n) is 10.1. The summed E-state index contributed by atoms with van der Waals surface area (Å²) in [5.74, 6) is 0.205. The van der Waals surface area contributed by atoms with Crippen molar-refractivity contribution in [2.75, 3.05) is 6.54 Å². The van der Waals surface area contributed by atoms with Crippen LogP contribution in [0.3, 0.4) is 0 Å². The van der Waals surface area contributed by atoms with Gasteiger partial charge in [0.15, 0.2) is 0 Å². The van der Waals surface area contributed by atoms with Crippen molar-refractivity contribution < 1.29 is 17.9 Å². The first kappa shape index (κ1) is 13.7. The average Bonchev–Trinajstić information content (AvgIpc) is 3.14. The van der Waals surface area contributed by atoms with E-state index in [-0.39, 0.29) is 11.3 Å². The van der Waals surface area contributed by atoms with E-state index < -0.39 is 12.4 Å². The van der Waals surface area contributed by atoms with Gasteiger partial charge in [-0.15, -0.1) is 13.2 Å². The summed E-state index contributed by atoms with van der Waals surface area (Å²) in [6.45, 7) is 0.637. The molecular formula is C13H13F3N2O. The van der Waals surface area contributed by atoms with Crippen LogP contribution >= 0.6 is 0 Å². The molecule has 6 heteroatoms. The summed E-state index contributed by atoms with van der Waals surface area (Å²) in [7, 11) is 0. The smallest absolute Gasteiger partial charge is 0.405 e. The lowest BCUT2D eigenvalue weighted by Gasteiger charge is -2.17. The molecule has 0 aromatic heterocycles. The highest BCUT2D eigenvalue weighted by Gasteiger charge is 2.33. The number of nitriles is 1. The molecule has 19 heavy (non-hydrogen) atoms. The van der Waals surface area contributed by atoms with E-state index in [1.165, 1.54) is 18.2 Å². The number of halogens is 3. The van der Waals surface area contributed by atoms with Crippen LogP contribution in [0.25, 0.3) is 0 Å². The minimum atomic E-state index is -4.76. The van der Waals surface area contributed by atoms with Gasteiger partial charge in [0.2, 0.25) is 0 Å². The molecule has 1 N–H and O–H groups in total. The Morgan fingerprint density at radius 3 is 2.63 bits per heavy atom. The van der Waals surface area contributed by atoms with E-state index in [0.717, 1.165) is 12.8 Å². The van der Waals surface area contributed by atoms with Gasteiger partial charge in [0.1, 0.15) is 11.8 Å². The molecule has 0 spiro atoms. The summed E-state index contributed by atoms with van der Waals surface area (Å²) < 4.78 is 40.8. The van der Waals surface area contributed by atoms with E-state index >= 15 is 0 Å². The van der Waals surface area contributed by atoms with Crippen molar-refractivity contribution in [2.24, 2.45) is 5.92 Å². The Kier molecular flexibility index (Phi) is 3.96. The molecule has 1 aromatic rings. The zero-order valence-corrected chi connectivity index (χ0v) is 10.1. The normalized spacial score (nSPS) is 16.7. The van der Waals surface area contributed by atoms with Crippen LogP contribution in [0.2, 0.25) is 0 Å². The Hall–Kier alpha value is -1.74. The molecule has 0 amide bonds. The maximum absolute atomic E-state index is 12.3. The van der Waals surface area contributed by atoms with Crippen LogP contribution in [0.4, 0.5) is 13.2 Å². The van der Waals surface area contributed by atoms with Crippen LogP contribution in [-0.2, 0) is 0 Å².